The number of ether oxygens (including phenoxy) is 1. The van der Waals surface area contributed by atoms with Crippen LogP contribution in [0.25, 0.3) is 0 Å². The van der Waals surface area contributed by atoms with E-state index in [1.165, 1.54) is 11.1 Å². The molecule has 0 saturated carbocycles. The number of hydrogen-bond donors (Lipinski definition) is 1. The summed E-state index contributed by atoms with van der Waals surface area (Å²) in [5.74, 6) is 0.838. The normalized spacial score (nSPS) is 10.8. The van der Waals surface area contributed by atoms with Crippen molar-refractivity contribution in [2.24, 2.45) is 7.05 Å². The number of nitrogens with one attached hydrogen (secondary N) is 1. The van der Waals surface area contributed by atoms with Crippen LogP contribution in [0.3, 0.4) is 0 Å². The van der Waals surface area contributed by atoms with E-state index in [9.17, 15) is 0 Å². The van der Waals surface area contributed by atoms with Crippen molar-refractivity contribution < 1.29 is 4.74 Å². The van der Waals surface area contributed by atoms with Crippen LogP contribution < -0.4 is 10.1 Å². The molecule has 0 bridgehead atoms. The van der Waals surface area contributed by atoms with E-state index in [-0.39, 0.29) is 0 Å². The largest absolute Gasteiger partial charge is 0.481 e. The van der Waals surface area contributed by atoms with Crippen molar-refractivity contribution in [3.63, 3.8) is 0 Å². The van der Waals surface area contributed by atoms with Gasteiger partial charge in [-0.1, -0.05) is 29.8 Å². The summed E-state index contributed by atoms with van der Waals surface area (Å²) in [7, 11) is 3.59. The SMILES string of the molecule is COc1c(CNCCc2cccc(C)c2)c(C)nn1C. The minimum absolute atomic E-state index is 0.786. The molecule has 1 aromatic carbocycles. The van der Waals surface area contributed by atoms with E-state index in [0.717, 1.165) is 36.6 Å². The molecule has 20 heavy (non-hydrogen) atoms. The van der Waals surface area contributed by atoms with Crippen molar-refractivity contribution in [3.8, 4) is 5.88 Å². The van der Waals surface area contributed by atoms with Gasteiger partial charge in [0.25, 0.3) is 0 Å². The highest BCUT2D eigenvalue weighted by Gasteiger charge is 2.12. The molecule has 0 aliphatic heterocycles. The molecule has 2 rings (SSSR count). The quantitative estimate of drug-likeness (QED) is 0.821. The molecule has 0 unspecified atom stereocenters. The second kappa shape index (κ2) is 6.57. The highest BCUT2D eigenvalue weighted by Crippen LogP contribution is 2.20. The molecule has 0 aliphatic rings. The molecule has 1 heterocycles. The number of methoxy groups -OCH3 is 1. The van der Waals surface area contributed by atoms with Gasteiger partial charge in [-0.15, -0.1) is 0 Å². The fourth-order valence-corrected chi connectivity index (χ4v) is 2.45. The second-order valence-corrected chi connectivity index (χ2v) is 5.11. The lowest BCUT2D eigenvalue weighted by atomic mass is 10.1. The molecular weight excluding hydrogens is 250 g/mol. The Kier molecular flexibility index (Phi) is 4.79. The van der Waals surface area contributed by atoms with Gasteiger partial charge in [-0.3, -0.25) is 0 Å². The Bertz CT molecular complexity index is 575. The van der Waals surface area contributed by atoms with Crippen LogP contribution >= 0.6 is 0 Å². The van der Waals surface area contributed by atoms with Crippen LogP contribution in [-0.4, -0.2) is 23.4 Å². The summed E-state index contributed by atoms with van der Waals surface area (Å²) < 4.78 is 7.17. The van der Waals surface area contributed by atoms with Crippen molar-refractivity contribution in [3.05, 3.63) is 46.6 Å². The monoisotopic (exact) mass is 273 g/mol. The Morgan fingerprint density at radius 3 is 2.80 bits per heavy atom. The molecule has 108 valence electrons. The molecule has 0 spiro atoms. The number of benzene rings is 1. The third-order valence-corrected chi connectivity index (χ3v) is 3.46. The molecule has 0 fully saturated rings. The molecule has 0 atom stereocenters. The maximum Gasteiger partial charge on any atom is 0.216 e. The van der Waals surface area contributed by atoms with Crippen LogP contribution in [0.5, 0.6) is 5.88 Å². The second-order valence-electron chi connectivity index (χ2n) is 5.11. The maximum atomic E-state index is 5.39. The van der Waals surface area contributed by atoms with E-state index < -0.39 is 0 Å². The first-order valence-electron chi connectivity index (χ1n) is 6.94. The fraction of sp³-hybridized carbons (Fsp3) is 0.438. The summed E-state index contributed by atoms with van der Waals surface area (Å²) in [4.78, 5) is 0. The highest BCUT2D eigenvalue weighted by molar-refractivity contribution is 5.30. The molecule has 0 radical (unpaired) electrons. The maximum absolute atomic E-state index is 5.39. The molecule has 0 amide bonds. The summed E-state index contributed by atoms with van der Waals surface area (Å²) in [6.07, 6.45) is 1.03. The highest BCUT2D eigenvalue weighted by atomic mass is 16.5. The average Bonchev–Trinajstić information content (AvgIpc) is 2.68. The molecule has 0 aliphatic carbocycles. The Hall–Kier alpha value is -1.81. The van der Waals surface area contributed by atoms with Crippen molar-refractivity contribution in [2.75, 3.05) is 13.7 Å². The number of nitrogens with zero attached hydrogens (tertiary/aromatic N) is 2. The van der Waals surface area contributed by atoms with Gasteiger partial charge in [-0.05, 0) is 32.4 Å². The van der Waals surface area contributed by atoms with Crippen LogP contribution in [0.4, 0.5) is 0 Å². The number of hydrogen-bond acceptors (Lipinski definition) is 3. The third kappa shape index (κ3) is 3.39. The minimum atomic E-state index is 0.786. The van der Waals surface area contributed by atoms with Gasteiger partial charge in [0.15, 0.2) is 0 Å². The first kappa shape index (κ1) is 14.6. The fourth-order valence-electron chi connectivity index (χ4n) is 2.45. The zero-order valence-electron chi connectivity index (χ0n) is 12.7. The minimum Gasteiger partial charge on any atom is -0.481 e. The first-order chi connectivity index (χ1) is 9.61. The van der Waals surface area contributed by atoms with E-state index in [2.05, 4.69) is 41.6 Å². The smallest absolute Gasteiger partial charge is 0.216 e. The van der Waals surface area contributed by atoms with Gasteiger partial charge in [0, 0.05) is 13.6 Å². The van der Waals surface area contributed by atoms with Crippen LogP contribution in [0.15, 0.2) is 24.3 Å². The van der Waals surface area contributed by atoms with Gasteiger partial charge in [0.1, 0.15) is 0 Å². The zero-order chi connectivity index (χ0) is 14.5. The Labute approximate surface area is 120 Å². The number of aryl methyl sites for hydroxylation is 3. The van der Waals surface area contributed by atoms with Gasteiger partial charge in [0.2, 0.25) is 5.88 Å². The molecule has 1 N–H and O–H groups in total. The lowest BCUT2D eigenvalue weighted by Crippen LogP contribution is -2.17. The van der Waals surface area contributed by atoms with Gasteiger partial charge in [0.05, 0.1) is 18.4 Å². The third-order valence-electron chi connectivity index (χ3n) is 3.46. The summed E-state index contributed by atoms with van der Waals surface area (Å²) in [5, 5.41) is 7.85. The summed E-state index contributed by atoms with van der Waals surface area (Å²) >= 11 is 0. The van der Waals surface area contributed by atoms with E-state index in [1.54, 1.807) is 11.8 Å². The topological polar surface area (TPSA) is 39.1 Å². The molecule has 1 aromatic heterocycles. The van der Waals surface area contributed by atoms with Crippen LogP contribution in [-0.2, 0) is 20.0 Å². The Balaban J connectivity index is 1.87. The lowest BCUT2D eigenvalue weighted by molar-refractivity contribution is 0.368. The average molecular weight is 273 g/mol. The Morgan fingerprint density at radius 1 is 1.30 bits per heavy atom. The van der Waals surface area contributed by atoms with Crippen LogP contribution in [0.2, 0.25) is 0 Å². The van der Waals surface area contributed by atoms with Crippen LogP contribution in [0.1, 0.15) is 22.4 Å². The van der Waals surface area contributed by atoms with Gasteiger partial charge >= 0.3 is 0 Å². The summed E-state index contributed by atoms with van der Waals surface area (Å²) in [5.41, 5.74) is 4.84. The standard InChI is InChI=1S/C16H23N3O/c1-12-6-5-7-14(10-12)8-9-17-11-15-13(2)18-19(3)16(15)20-4/h5-7,10,17H,8-9,11H2,1-4H3. The van der Waals surface area contributed by atoms with Crippen molar-refractivity contribution >= 4 is 0 Å². The zero-order valence-corrected chi connectivity index (χ0v) is 12.7. The van der Waals surface area contributed by atoms with Crippen molar-refractivity contribution in [1.82, 2.24) is 15.1 Å². The van der Waals surface area contributed by atoms with E-state index in [0.29, 0.717) is 0 Å². The first-order valence-corrected chi connectivity index (χ1v) is 6.94. The molecule has 4 nitrogen and oxygen atoms in total. The van der Waals surface area contributed by atoms with Crippen molar-refractivity contribution in [1.29, 1.82) is 0 Å². The molecule has 2 aromatic rings. The molecular formula is C16H23N3O. The number of rotatable bonds is 6. The number of aromatic nitrogens is 2. The molecule has 0 saturated heterocycles. The van der Waals surface area contributed by atoms with Crippen molar-refractivity contribution in [2.45, 2.75) is 26.8 Å². The van der Waals surface area contributed by atoms with Gasteiger partial charge in [-0.2, -0.15) is 5.10 Å². The van der Waals surface area contributed by atoms with E-state index >= 15 is 0 Å². The Morgan fingerprint density at radius 2 is 2.10 bits per heavy atom. The van der Waals surface area contributed by atoms with E-state index in [1.807, 2.05) is 14.0 Å². The lowest BCUT2D eigenvalue weighted by Gasteiger charge is -2.07. The predicted molar refractivity (Wildman–Crippen MR) is 81.1 cm³/mol. The summed E-state index contributed by atoms with van der Waals surface area (Å²) in [6.45, 7) is 5.87. The predicted octanol–water partition coefficient (Wildman–Crippen LogP) is 2.38. The van der Waals surface area contributed by atoms with Crippen LogP contribution in [0, 0.1) is 13.8 Å². The van der Waals surface area contributed by atoms with E-state index in [4.69, 9.17) is 4.74 Å². The van der Waals surface area contributed by atoms with Gasteiger partial charge < -0.3 is 10.1 Å². The van der Waals surface area contributed by atoms with Gasteiger partial charge in [-0.25, -0.2) is 4.68 Å². The summed E-state index contributed by atoms with van der Waals surface area (Å²) in [6, 6.07) is 8.64. The molecule has 4 heteroatoms.